The highest BCUT2D eigenvalue weighted by Gasteiger charge is 2.29. The third-order valence-corrected chi connectivity index (χ3v) is 4.44. The number of hydrogen-bond donors (Lipinski definition) is 1. The van der Waals surface area contributed by atoms with Crippen molar-refractivity contribution < 1.29 is 0 Å². The molecule has 2 heterocycles. The number of aromatic nitrogens is 1. The molecule has 88 valence electrons. The molecule has 1 aliphatic carbocycles. The number of hydrogen-bond acceptors (Lipinski definition) is 1. The number of aryl methyl sites for hydroxylation is 1. The van der Waals surface area contributed by atoms with Crippen molar-refractivity contribution in [2.75, 3.05) is 6.54 Å². The second-order valence-corrected chi connectivity index (χ2v) is 5.59. The van der Waals surface area contributed by atoms with Crippen LogP contribution in [0, 0.1) is 0 Å². The summed E-state index contributed by atoms with van der Waals surface area (Å²) < 4.78 is 2.45. The molecule has 1 aromatic carbocycles. The van der Waals surface area contributed by atoms with Gasteiger partial charge in [0.15, 0.2) is 0 Å². The van der Waals surface area contributed by atoms with Crippen molar-refractivity contribution >= 4 is 22.5 Å². The second kappa shape index (κ2) is 3.50. The molecule has 0 saturated carbocycles. The zero-order valence-corrected chi connectivity index (χ0v) is 10.4. The van der Waals surface area contributed by atoms with E-state index < -0.39 is 0 Å². The van der Waals surface area contributed by atoms with E-state index in [0.29, 0.717) is 5.92 Å². The maximum absolute atomic E-state index is 6.14. The lowest BCUT2D eigenvalue weighted by molar-refractivity contribution is 0.402. The summed E-state index contributed by atoms with van der Waals surface area (Å²) in [4.78, 5) is 0. The van der Waals surface area contributed by atoms with Gasteiger partial charge >= 0.3 is 0 Å². The summed E-state index contributed by atoms with van der Waals surface area (Å²) in [5.41, 5.74) is 4.48. The van der Waals surface area contributed by atoms with E-state index in [-0.39, 0.29) is 0 Å². The predicted octanol–water partition coefficient (Wildman–Crippen LogP) is 3.28. The van der Waals surface area contributed by atoms with Crippen LogP contribution >= 0.6 is 11.6 Å². The molecule has 3 heteroatoms. The predicted molar refractivity (Wildman–Crippen MR) is 70.6 cm³/mol. The summed E-state index contributed by atoms with van der Waals surface area (Å²) in [6, 6.07) is 6.31. The SMILES string of the molecule is Clc1ccc2c(c1)c1c3n2CNC[C@@H]3CCC1. The molecule has 0 bridgehead atoms. The highest BCUT2D eigenvalue weighted by molar-refractivity contribution is 6.31. The van der Waals surface area contributed by atoms with E-state index in [9.17, 15) is 0 Å². The minimum Gasteiger partial charge on any atom is -0.331 e. The Labute approximate surface area is 106 Å². The molecule has 1 aromatic heterocycles. The number of halogens is 1. The van der Waals surface area contributed by atoms with Crippen molar-refractivity contribution in [3.63, 3.8) is 0 Å². The molecule has 2 nitrogen and oxygen atoms in total. The zero-order chi connectivity index (χ0) is 11.4. The van der Waals surface area contributed by atoms with Gasteiger partial charge in [0.05, 0.1) is 6.67 Å². The fraction of sp³-hybridized carbons (Fsp3) is 0.429. The van der Waals surface area contributed by atoms with Crippen molar-refractivity contribution in [3.05, 3.63) is 34.5 Å². The molecular formula is C14H15ClN2. The van der Waals surface area contributed by atoms with Gasteiger partial charge in [-0.25, -0.2) is 0 Å². The molecular weight excluding hydrogens is 232 g/mol. The van der Waals surface area contributed by atoms with E-state index in [2.05, 4.69) is 22.0 Å². The maximum Gasteiger partial charge on any atom is 0.0729 e. The van der Waals surface area contributed by atoms with Crippen LogP contribution in [-0.4, -0.2) is 11.1 Å². The van der Waals surface area contributed by atoms with E-state index in [1.807, 2.05) is 6.07 Å². The third-order valence-electron chi connectivity index (χ3n) is 4.20. The van der Waals surface area contributed by atoms with E-state index >= 15 is 0 Å². The van der Waals surface area contributed by atoms with Gasteiger partial charge in [-0.15, -0.1) is 0 Å². The minimum absolute atomic E-state index is 0.707. The number of nitrogens with zero attached hydrogens (tertiary/aromatic N) is 1. The van der Waals surface area contributed by atoms with Gasteiger partial charge in [-0.3, -0.25) is 5.32 Å². The summed E-state index contributed by atoms with van der Waals surface area (Å²) in [5.74, 6) is 0.707. The fourth-order valence-corrected chi connectivity index (χ4v) is 3.70. The van der Waals surface area contributed by atoms with Crippen LogP contribution in [0.3, 0.4) is 0 Å². The molecule has 0 amide bonds. The Kier molecular flexibility index (Phi) is 2.06. The average Bonchev–Trinajstić information content (AvgIpc) is 2.67. The monoisotopic (exact) mass is 246 g/mol. The fourth-order valence-electron chi connectivity index (χ4n) is 3.53. The van der Waals surface area contributed by atoms with Gasteiger partial charge < -0.3 is 4.57 Å². The van der Waals surface area contributed by atoms with Crippen LogP contribution in [0.15, 0.2) is 18.2 Å². The van der Waals surface area contributed by atoms with E-state index in [0.717, 1.165) is 18.2 Å². The quantitative estimate of drug-likeness (QED) is 0.755. The Morgan fingerprint density at radius 2 is 2.29 bits per heavy atom. The molecule has 0 fully saturated rings. The lowest BCUT2D eigenvalue weighted by Crippen LogP contribution is -2.34. The van der Waals surface area contributed by atoms with Crippen LogP contribution in [0.25, 0.3) is 10.9 Å². The summed E-state index contributed by atoms with van der Waals surface area (Å²) in [6.45, 7) is 2.08. The highest BCUT2D eigenvalue weighted by atomic mass is 35.5. The van der Waals surface area contributed by atoms with Gasteiger partial charge in [-0.2, -0.15) is 0 Å². The van der Waals surface area contributed by atoms with E-state index in [4.69, 9.17) is 11.6 Å². The van der Waals surface area contributed by atoms with Crippen LogP contribution in [0.4, 0.5) is 0 Å². The first-order chi connectivity index (χ1) is 8.34. The normalized spacial score (nSPS) is 22.8. The van der Waals surface area contributed by atoms with Crippen LogP contribution < -0.4 is 5.32 Å². The summed E-state index contributed by atoms with van der Waals surface area (Å²) >= 11 is 6.14. The standard InChI is InChI=1S/C14H15ClN2/c15-10-4-5-13-12(6-10)11-3-1-2-9-7-16-8-17(13)14(9)11/h4-6,9,16H,1-3,7-8H2/t9-/m0/s1. The van der Waals surface area contributed by atoms with Gasteiger partial charge in [-0.1, -0.05) is 11.6 Å². The zero-order valence-electron chi connectivity index (χ0n) is 9.67. The first-order valence-electron chi connectivity index (χ1n) is 6.36. The molecule has 1 aliphatic heterocycles. The number of fused-ring (bicyclic) bond motifs is 3. The molecule has 2 aliphatic rings. The van der Waals surface area contributed by atoms with Gasteiger partial charge in [0.2, 0.25) is 0 Å². The number of rotatable bonds is 0. The Bertz CT molecular complexity index is 598. The maximum atomic E-state index is 6.14. The largest absolute Gasteiger partial charge is 0.331 e. The molecule has 0 unspecified atom stereocenters. The molecule has 4 rings (SSSR count). The Hall–Kier alpha value is -0.990. The first kappa shape index (κ1) is 9.98. The van der Waals surface area contributed by atoms with Crippen LogP contribution in [0.2, 0.25) is 5.02 Å². The smallest absolute Gasteiger partial charge is 0.0729 e. The number of nitrogens with one attached hydrogen (secondary N) is 1. The lowest BCUT2D eigenvalue weighted by atomic mass is 9.86. The molecule has 0 radical (unpaired) electrons. The molecule has 0 saturated heterocycles. The lowest BCUT2D eigenvalue weighted by Gasteiger charge is -2.30. The van der Waals surface area contributed by atoms with Gasteiger partial charge in [-0.05, 0) is 43.0 Å². The summed E-state index contributed by atoms with van der Waals surface area (Å²) in [6.07, 6.45) is 3.85. The Morgan fingerprint density at radius 1 is 1.35 bits per heavy atom. The van der Waals surface area contributed by atoms with E-state index in [1.165, 1.54) is 30.2 Å². The molecule has 17 heavy (non-hydrogen) atoms. The van der Waals surface area contributed by atoms with Crippen LogP contribution in [0.1, 0.15) is 30.0 Å². The highest BCUT2D eigenvalue weighted by Crippen LogP contribution is 2.40. The molecule has 1 N–H and O–H groups in total. The Morgan fingerprint density at radius 3 is 3.24 bits per heavy atom. The van der Waals surface area contributed by atoms with Crippen molar-refractivity contribution in [2.24, 2.45) is 0 Å². The van der Waals surface area contributed by atoms with Crippen molar-refractivity contribution in [2.45, 2.75) is 31.8 Å². The average molecular weight is 247 g/mol. The minimum atomic E-state index is 0.707. The molecule has 0 spiro atoms. The summed E-state index contributed by atoms with van der Waals surface area (Å²) in [5, 5.41) is 5.76. The summed E-state index contributed by atoms with van der Waals surface area (Å²) in [7, 11) is 0. The topological polar surface area (TPSA) is 17.0 Å². The van der Waals surface area contributed by atoms with Crippen molar-refractivity contribution in [3.8, 4) is 0 Å². The number of benzene rings is 1. The molecule has 2 aromatic rings. The first-order valence-corrected chi connectivity index (χ1v) is 6.73. The van der Waals surface area contributed by atoms with Crippen LogP contribution in [-0.2, 0) is 13.1 Å². The Balaban J connectivity index is 2.11. The van der Waals surface area contributed by atoms with Crippen LogP contribution in [0.5, 0.6) is 0 Å². The van der Waals surface area contributed by atoms with Gasteiger partial charge in [0.25, 0.3) is 0 Å². The van der Waals surface area contributed by atoms with Gasteiger partial charge in [0.1, 0.15) is 0 Å². The molecule has 1 atom stereocenters. The second-order valence-electron chi connectivity index (χ2n) is 5.15. The van der Waals surface area contributed by atoms with Crippen molar-refractivity contribution in [1.29, 1.82) is 0 Å². The third kappa shape index (κ3) is 1.31. The van der Waals surface area contributed by atoms with Crippen molar-refractivity contribution in [1.82, 2.24) is 9.88 Å². The van der Waals surface area contributed by atoms with Gasteiger partial charge in [0, 0.05) is 34.1 Å². The van der Waals surface area contributed by atoms with E-state index in [1.54, 1.807) is 11.3 Å².